The van der Waals surface area contributed by atoms with E-state index in [0.29, 0.717) is 12.2 Å². The van der Waals surface area contributed by atoms with Crippen LogP contribution in [0.15, 0.2) is 66.9 Å². The van der Waals surface area contributed by atoms with Crippen molar-refractivity contribution in [2.24, 2.45) is 0 Å². The Balaban J connectivity index is 1.45. The number of carbonyl (C=O) groups is 1. The molecule has 1 N–H and O–H groups in total. The van der Waals surface area contributed by atoms with E-state index < -0.39 is 10.0 Å². The maximum Gasteiger partial charge on any atom is 0.243 e. The van der Waals surface area contributed by atoms with Gasteiger partial charge in [-0.25, -0.2) is 8.42 Å². The molecule has 1 atom stereocenters. The normalized spacial score (nSPS) is 16.3. The lowest BCUT2D eigenvalue weighted by Crippen LogP contribution is -2.33. The van der Waals surface area contributed by atoms with Crippen LogP contribution in [0.2, 0.25) is 0 Å². The summed E-state index contributed by atoms with van der Waals surface area (Å²) in [6.07, 6.45) is 4.83. The standard InChI is InChI=1S/C26H27N3O4S/c1-33-25-13-12-19(18-7-3-4-8-20(18)25)24-11-6-15-29(24)26(30)17-28-16-14-21-22(27-34(2,31)32)9-5-10-23(21)28/h3-5,7-10,12-14,16,24,27H,6,11,15,17H2,1-2H3/t24-/m0/s1. The summed E-state index contributed by atoms with van der Waals surface area (Å²) in [5.74, 6) is 0.869. The zero-order chi connectivity index (χ0) is 23.9. The highest BCUT2D eigenvalue weighted by Crippen LogP contribution is 2.39. The Morgan fingerprint density at radius 2 is 1.82 bits per heavy atom. The summed E-state index contributed by atoms with van der Waals surface area (Å²) in [5, 5.41) is 2.92. The van der Waals surface area contributed by atoms with Crippen molar-refractivity contribution in [1.82, 2.24) is 9.47 Å². The molecule has 5 rings (SSSR count). The summed E-state index contributed by atoms with van der Waals surface area (Å²) < 4.78 is 33.4. The van der Waals surface area contributed by atoms with Gasteiger partial charge in [0.25, 0.3) is 0 Å². The van der Waals surface area contributed by atoms with Crippen LogP contribution in [-0.2, 0) is 21.4 Å². The molecule has 1 saturated heterocycles. The summed E-state index contributed by atoms with van der Waals surface area (Å²) in [4.78, 5) is 15.5. The van der Waals surface area contributed by atoms with E-state index in [2.05, 4.69) is 16.9 Å². The van der Waals surface area contributed by atoms with Crippen LogP contribution in [0.1, 0.15) is 24.4 Å². The number of hydrogen-bond acceptors (Lipinski definition) is 4. The highest BCUT2D eigenvalue weighted by atomic mass is 32.2. The summed E-state index contributed by atoms with van der Waals surface area (Å²) >= 11 is 0. The van der Waals surface area contributed by atoms with Crippen LogP contribution in [-0.4, -0.2) is 43.7 Å². The number of anilines is 1. The Labute approximate surface area is 199 Å². The van der Waals surface area contributed by atoms with Crippen molar-refractivity contribution < 1.29 is 17.9 Å². The lowest BCUT2D eigenvalue weighted by atomic mass is 9.96. The van der Waals surface area contributed by atoms with Crippen LogP contribution in [0.5, 0.6) is 5.75 Å². The molecule has 0 aliphatic carbocycles. The van der Waals surface area contributed by atoms with Gasteiger partial charge in [-0.1, -0.05) is 36.4 Å². The quantitative estimate of drug-likeness (QED) is 0.442. The lowest BCUT2D eigenvalue weighted by Gasteiger charge is -2.27. The van der Waals surface area contributed by atoms with E-state index in [4.69, 9.17) is 4.74 Å². The Morgan fingerprint density at radius 1 is 1.03 bits per heavy atom. The van der Waals surface area contributed by atoms with Crippen molar-refractivity contribution in [2.45, 2.75) is 25.4 Å². The van der Waals surface area contributed by atoms with Crippen LogP contribution in [0.25, 0.3) is 21.7 Å². The average molecular weight is 478 g/mol. The van der Waals surface area contributed by atoms with Gasteiger partial charge in [0, 0.05) is 23.5 Å². The first-order chi connectivity index (χ1) is 16.4. The van der Waals surface area contributed by atoms with Crippen LogP contribution in [0.3, 0.4) is 0 Å². The fourth-order valence-corrected chi connectivity index (χ4v) is 5.62. The predicted octanol–water partition coefficient (Wildman–Crippen LogP) is 4.54. The van der Waals surface area contributed by atoms with Crippen molar-refractivity contribution in [1.29, 1.82) is 0 Å². The number of amides is 1. The van der Waals surface area contributed by atoms with Crippen LogP contribution >= 0.6 is 0 Å². The first-order valence-corrected chi connectivity index (χ1v) is 13.2. The first-order valence-electron chi connectivity index (χ1n) is 11.3. The monoisotopic (exact) mass is 477 g/mol. The number of fused-ring (bicyclic) bond motifs is 2. The molecule has 0 spiro atoms. The molecule has 0 unspecified atom stereocenters. The van der Waals surface area contributed by atoms with Gasteiger partial charge in [0.15, 0.2) is 0 Å². The Morgan fingerprint density at radius 3 is 2.59 bits per heavy atom. The van der Waals surface area contributed by atoms with Gasteiger partial charge in [-0.15, -0.1) is 0 Å². The van der Waals surface area contributed by atoms with Gasteiger partial charge in [0.2, 0.25) is 15.9 Å². The zero-order valence-electron chi connectivity index (χ0n) is 19.2. The Hall–Kier alpha value is -3.52. The summed E-state index contributed by atoms with van der Waals surface area (Å²) in [6, 6.07) is 19.5. The van der Waals surface area contributed by atoms with Gasteiger partial charge < -0.3 is 14.2 Å². The van der Waals surface area contributed by atoms with Crippen LogP contribution in [0, 0.1) is 0 Å². The number of hydrogen-bond donors (Lipinski definition) is 1. The van der Waals surface area contributed by atoms with Crippen LogP contribution < -0.4 is 9.46 Å². The minimum Gasteiger partial charge on any atom is -0.496 e. The first kappa shape index (κ1) is 22.3. The molecule has 1 amide bonds. The second-order valence-electron chi connectivity index (χ2n) is 8.70. The number of sulfonamides is 1. The molecule has 0 saturated carbocycles. The third kappa shape index (κ3) is 4.09. The molecule has 34 heavy (non-hydrogen) atoms. The molecule has 4 aromatic rings. The van der Waals surface area contributed by atoms with Crippen molar-refractivity contribution in [2.75, 3.05) is 24.6 Å². The minimum atomic E-state index is -3.40. The van der Waals surface area contributed by atoms with E-state index >= 15 is 0 Å². The number of nitrogens with zero attached hydrogens (tertiary/aromatic N) is 2. The molecule has 176 valence electrons. The lowest BCUT2D eigenvalue weighted by molar-refractivity contribution is -0.132. The highest BCUT2D eigenvalue weighted by molar-refractivity contribution is 7.92. The zero-order valence-corrected chi connectivity index (χ0v) is 20.0. The smallest absolute Gasteiger partial charge is 0.243 e. The number of rotatable bonds is 6. The number of nitrogens with one attached hydrogen (secondary N) is 1. The number of benzene rings is 3. The maximum absolute atomic E-state index is 13.5. The minimum absolute atomic E-state index is 0.00703. The number of ether oxygens (including phenoxy) is 1. The number of aromatic nitrogens is 1. The van der Waals surface area contributed by atoms with Crippen molar-refractivity contribution in [3.63, 3.8) is 0 Å². The van der Waals surface area contributed by atoms with E-state index in [1.54, 1.807) is 19.2 Å². The highest BCUT2D eigenvalue weighted by Gasteiger charge is 2.31. The van der Waals surface area contributed by atoms with Crippen molar-refractivity contribution >= 4 is 43.3 Å². The number of likely N-dealkylation sites (tertiary alicyclic amines) is 1. The summed E-state index contributed by atoms with van der Waals surface area (Å²) in [5.41, 5.74) is 2.46. The summed E-state index contributed by atoms with van der Waals surface area (Å²) in [7, 11) is -1.73. The molecular weight excluding hydrogens is 450 g/mol. The molecule has 0 radical (unpaired) electrons. The van der Waals surface area contributed by atoms with E-state index in [1.165, 1.54) is 0 Å². The van der Waals surface area contributed by atoms with E-state index in [1.807, 2.05) is 52.1 Å². The second kappa shape index (κ2) is 8.68. The molecule has 1 fully saturated rings. The van der Waals surface area contributed by atoms with Crippen LogP contribution in [0.4, 0.5) is 5.69 Å². The van der Waals surface area contributed by atoms with Gasteiger partial charge in [0.1, 0.15) is 12.3 Å². The topological polar surface area (TPSA) is 80.6 Å². The van der Waals surface area contributed by atoms with Gasteiger partial charge >= 0.3 is 0 Å². The fourth-order valence-electron chi connectivity index (χ4n) is 5.04. The van der Waals surface area contributed by atoms with Gasteiger partial charge in [0.05, 0.1) is 30.6 Å². The number of methoxy groups -OCH3 is 1. The number of carbonyl (C=O) groups excluding carboxylic acids is 1. The SMILES string of the molecule is COc1ccc([C@@H]2CCCN2C(=O)Cn2ccc3c(NS(C)(=O)=O)cccc32)c2ccccc12. The Kier molecular flexibility index (Phi) is 5.69. The second-order valence-corrected chi connectivity index (χ2v) is 10.5. The van der Waals surface area contributed by atoms with Gasteiger partial charge in [-0.3, -0.25) is 9.52 Å². The van der Waals surface area contributed by atoms with E-state index in [0.717, 1.165) is 52.1 Å². The maximum atomic E-state index is 13.5. The molecule has 1 aliphatic rings. The van der Waals surface area contributed by atoms with E-state index in [-0.39, 0.29) is 18.5 Å². The Bertz CT molecular complexity index is 1490. The summed E-state index contributed by atoms with van der Waals surface area (Å²) in [6.45, 7) is 0.903. The third-order valence-corrected chi connectivity index (χ3v) is 7.08. The van der Waals surface area contributed by atoms with Crippen molar-refractivity contribution in [3.05, 3.63) is 72.4 Å². The fraction of sp³-hybridized carbons (Fsp3) is 0.269. The van der Waals surface area contributed by atoms with E-state index in [9.17, 15) is 13.2 Å². The molecule has 2 heterocycles. The molecule has 1 aromatic heterocycles. The average Bonchev–Trinajstić information content (AvgIpc) is 3.45. The third-order valence-electron chi connectivity index (χ3n) is 6.48. The van der Waals surface area contributed by atoms with Crippen molar-refractivity contribution in [3.8, 4) is 5.75 Å². The molecular formula is C26H27N3O4S. The molecule has 1 aliphatic heterocycles. The molecule has 3 aromatic carbocycles. The van der Waals surface area contributed by atoms with Gasteiger partial charge in [-0.2, -0.15) is 0 Å². The van der Waals surface area contributed by atoms with Gasteiger partial charge in [-0.05, 0) is 48.1 Å². The largest absolute Gasteiger partial charge is 0.496 e. The predicted molar refractivity (Wildman–Crippen MR) is 135 cm³/mol. The molecule has 0 bridgehead atoms. The molecule has 7 nitrogen and oxygen atoms in total. The molecule has 8 heteroatoms.